The lowest BCUT2D eigenvalue weighted by Gasteiger charge is -2.05. The predicted octanol–water partition coefficient (Wildman–Crippen LogP) is 3.24. The molecule has 112 valence electrons. The molecule has 2 aromatic heterocycles. The first kappa shape index (κ1) is 15.8. The number of alkyl halides is 1. The number of anilines is 1. The van der Waals surface area contributed by atoms with E-state index in [0.29, 0.717) is 28.5 Å². The maximum Gasteiger partial charge on any atom is 0.412 e. The van der Waals surface area contributed by atoms with E-state index in [1.165, 1.54) is 17.5 Å². The molecule has 0 spiro atoms. The summed E-state index contributed by atoms with van der Waals surface area (Å²) in [5.41, 5.74) is 0.615. The largest absolute Gasteiger partial charge is 0.449 e. The Balaban J connectivity index is 1.94. The van der Waals surface area contributed by atoms with Crippen LogP contribution >= 0.6 is 27.3 Å². The van der Waals surface area contributed by atoms with Gasteiger partial charge in [-0.25, -0.2) is 14.8 Å². The maximum absolute atomic E-state index is 11.5. The van der Waals surface area contributed by atoms with E-state index in [1.807, 2.05) is 6.92 Å². The third-order valence-electron chi connectivity index (χ3n) is 2.41. The highest BCUT2D eigenvalue weighted by Gasteiger charge is 2.09. The number of amides is 1. The van der Waals surface area contributed by atoms with Gasteiger partial charge >= 0.3 is 6.09 Å². The van der Waals surface area contributed by atoms with Gasteiger partial charge in [0.05, 0.1) is 24.3 Å². The van der Waals surface area contributed by atoms with Crippen LogP contribution in [0.3, 0.4) is 0 Å². The molecule has 0 unspecified atom stereocenters. The van der Waals surface area contributed by atoms with Crippen molar-refractivity contribution in [3.05, 3.63) is 17.4 Å². The number of carbonyl (C=O) groups is 1. The highest BCUT2D eigenvalue weighted by molar-refractivity contribution is 9.08. The molecule has 0 aliphatic carbocycles. The number of halogens is 1. The van der Waals surface area contributed by atoms with Crippen LogP contribution in [-0.4, -0.2) is 32.9 Å². The highest BCUT2D eigenvalue weighted by Crippen LogP contribution is 2.22. The maximum atomic E-state index is 11.5. The van der Waals surface area contributed by atoms with Crippen LogP contribution in [0.15, 0.2) is 12.4 Å². The lowest BCUT2D eigenvalue weighted by molar-refractivity contribution is 0.160. The molecule has 1 amide bonds. The number of aromatic nitrogens is 4. The number of nitrogens with one attached hydrogen (secondary N) is 1. The van der Waals surface area contributed by atoms with Gasteiger partial charge in [-0.05, 0) is 6.42 Å². The smallest absolute Gasteiger partial charge is 0.412 e. The van der Waals surface area contributed by atoms with Crippen LogP contribution in [0.4, 0.5) is 10.6 Å². The van der Waals surface area contributed by atoms with Crippen molar-refractivity contribution in [2.24, 2.45) is 0 Å². The average Bonchev–Trinajstić information content (AvgIpc) is 2.97. The second-order valence-electron chi connectivity index (χ2n) is 4.04. The summed E-state index contributed by atoms with van der Waals surface area (Å²) in [5.74, 6) is 0.338. The van der Waals surface area contributed by atoms with Gasteiger partial charge in [0.15, 0.2) is 10.8 Å². The molecule has 0 atom stereocenters. The summed E-state index contributed by atoms with van der Waals surface area (Å²) in [4.78, 5) is 19.8. The first-order valence-corrected chi connectivity index (χ1v) is 8.31. The molecule has 2 rings (SSSR count). The Labute approximate surface area is 134 Å². The number of carbonyl (C=O) groups excluding carboxylic acids is 1. The summed E-state index contributed by atoms with van der Waals surface area (Å²) in [6.45, 7) is 2.42. The van der Waals surface area contributed by atoms with E-state index >= 15 is 0 Å². The molecule has 0 aliphatic rings. The van der Waals surface area contributed by atoms with Gasteiger partial charge < -0.3 is 4.74 Å². The fraction of sp³-hybridized carbons (Fsp3) is 0.417. The molecule has 1 N–H and O–H groups in total. The predicted molar refractivity (Wildman–Crippen MR) is 83.4 cm³/mol. The van der Waals surface area contributed by atoms with E-state index in [1.54, 1.807) is 6.20 Å². The van der Waals surface area contributed by atoms with Crippen LogP contribution in [0.25, 0.3) is 10.7 Å². The topological polar surface area (TPSA) is 89.9 Å². The van der Waals surface area contributed by atoms with Gasteiger partial charge in [-0.3, -0.25) is 5.32 Å². The minimum Gasteiger partial charge on any atom is -0.449 e. The summed E-state index contributed by atoms with van der Waals surface area (Å²) < 4.78 is 4.98. The molecule has 0 saturated carbocycles. The summed E-state index contributed by atoms with van der Waals surface area (Å²) in [7, 11) is 0. The van der Waals surface area contributed by atoms with Gasteiger partial charge in [-0.2, -0.15) is 0 Å². The van der Waals surface area contributed by atoms with Crippen LogP contribution < -0.4 is 5.32 Å². The molecule has 0 bridgehead atoms. The van der Waals surface area contributed by atoms with Gasteiger partial charge in [0, 0.05) is 0 Å². The van der Waals surface area contributed by atoms with Crippen molar-refractivity contribution >= 4 is 39.2 Å². The number of hydrogen-bond acceptors (Lipinski definition) is 7. The van der Waals surface area contributed by atoms with Crippen molar-refractivity contribution in [3.8, 4) is 10.7 Å². The molecule has 0 radical (unpaired) electrons. The second kappa shape index (κ2) is 7.99. The molecule has 2 heterocycles. The monoisotopic (exact) mass is 371 g/mol. The molecular weight excluding hydrogens is 358 g/mol. The van der Waals surface area contributed by atoms with Crippen LogP contribution in [0, 0.1) is 0 Å². The Morgan fingerprint density at radius 3 is 2.86 bits per heavy atom. The third-order valence-corrected chi connectivity index (χ3v) is 4.26. The summed E-state index contributed by atoms with van der Waals surface area (Å²) in [6, 6.07) is 0. The van der Waals surface area contributed by atoms with E-state index in [4.69, 9.17) is 4.74 Å². The normalized spacial score (nSPS) is 10.4. The number of ether oxygens (including phenoxy) is 1. The third kappa shape index (κ3) is 4.71. The van der Waals surface area contributed by atoms with Crippen LogP contribution in [0.5, 0.6) is 0 Å². The summed E-state index contributed by atoms with van der Waals surface area (Å²) in [6.07, 6.45) is 4.29. The zero-order valence-electron chi connectivity index (χ0n) is 11.4. The highest BCUT2D eigenvalue weighted by atomic mass is 79.9. The molecule has 21 heavy (non-hydrogen) atoms. The number of rotatable bonds is 6. The zero-order valence-corrected chi connectivity index (χ0v) is 13.8. The van der Waals surface area contributed by atoms with E-state index in [2.05, 4.69) is 41.4 Å². The Morgan fingerprint density at radius 2 is 2.24 bits per heavy atom. The molecule has 0 aromatic carbocycles. The molecule has 7 nitrogen and oxygen atoms in total. The van der Waals surface area contributed by atoms with Gasteiger partial charge in [-0.15, -0.1) is 10.2 Å². The molecule has 0 fully saturated rings. The van der Waals surface area contributed by atoms with E-state index < -0.39 is 6.09 Å². The van der Waals surface area contributed by atoms with E-state index in [-0.39, 0.29) is 0 Å². The summed E-state index contributed by atoms with van der Waals surface area (Å²) >= 11 is 4.75. The Bertz CT molecular complexity index is 590. The fourth-order valence-electron chi connectivity index (χ4n) is 1.36. The first-order valence-electron chi connectivity index (χ1n) is 6.37. The fourth-order valence-corrected chi connectivity index (χ4v) is 2.47. The van der Waals surface area contributed by atoms with E-state index in [9.17, 15) is 4.79 Å². The van der Waals surface area contributed by atoms with Crippen molar-refractivity contribution in [3.63, 3.8) is 0 Å². The van der Waals surface area contributed by atoms with Crippen LogP contribution in [0.1, 0.15) is 24.8 Å². The molecular formula is C12H14BrN5O2S. The lowest BCUT2D eigenvalue weighted by atomic mass is 10.4. The van der Waals surface area contributed by atoms with Crippen LogP contribution in [-0.2, 0) is 10.1 Å². The SMILES string of the molecule is CCCCOC(=O)Nc1cnc(-c2nnc(CBr)s2)cn1. The second-order valence-corrected chi connectivity index (χ2v) is 5.66. The number of nitrogens with zero attached hydrogens (tertiary/aromatic N) is 4. The molecule has 9 heteroatoms. The van der Waals surface area contributed by atoms with Gasteiger partial charge in [0.2, 0.25) is 0 Å². The molecule has 2 aromatic rings. The zero-order chi connectivity index (χ0) is 15.1. The lowest BCUT2D eigenvalue weighted by Crippen LogP contribution is -2.15. The van der Waals surface area contributed by atoms with Gasteiger partial charge in [0.25, 0.3) is 0 Å². The van der Waals surface area contributed by atoms with Gasteiger partial charge in [-0.1, -0.05) is 40.6 Å². The van der Waals surface area contributed by atoms with Crippen LogP contribution in [0.2, 0.25) is 0 Å². The first-order chi connectivity index (χ1) is 10.2. The number of hydrogen-bond donors (Lipinski definition) is 1. The van der Waals surface area contributed by atoms with Crippen molar-refractivity contribution in [1.29, 1.82) is 0 Å². The molecule has 0 saturated heterocycles. The Kier molecular flexibility index (Phi) is 6.00. The van der Waals surface area contributed by atoms with Crippen molar-refractivity contribution in [1.82, 2.24) is 20.2 Å². The Morgan fingerprint density at radius 1 is 1.38 bits per heavy atom. The Hall–Kier alpha value is -1.61. The van der Waals surface area contributed by atoms with E-state index in [0.717, 1.165) is 17.8 Å². The minimum absolute atomic E-state index is 0.338. The van der Waals surface area contributed by atoms with Crippen molar-refractivity contribution in [2.45, 2.75) is 25.1 Å². The van der Waals surface area contributed by atoms with Crippen molar-refractivity contribution in [2.75, 3.05) is 11.9 Å². The quantitative estimate of drug-likeness (QED) is 0.619. The standard InChI is InChI=1S/C12H14BrN5O2S/c1-2-3-4-20-12(19)16-9-7-14-8(6-15-9)11-18-17-10(5-13)21-11/h6-7H,2-5H2,1H3,(H,15,16,19). The number of unbranched alkanes of at least 4 members (excludes halogenated alkanes) is 1. The van der Waals surface area contributed by atoms with Gasteiger partial charge in [0.1, 0.15) is 10.7 Å². The average molecular weight is 372 g/mol. The minimum atomic E-state index is -0.525. The molecule has 0 aliphatic heterocycles. The van der Waals surface area contributed by atoms with Crippen molar-refractivity contribution < 1.29 is 9.53 Å². The summed E-state index contributed by atoms with van der Waals surface area (Å²) in [5, 5.41) is 12.7.